The maximum Gasteiger partial charge on any atom is 0.250 e. The first kappa shape index (κ1) is 28.5. The molecule has 2 aliphatic rings. The van der Waals surface area contributed by atoms with Crippen molar-refractivity contribution in [2.75, 3.05) is 21.3 Å². The van der Waals surface area contributed by atoms with Gasteiger partial charge in [-0.3, -0.25) is 9.63 Å². The summed E-state index contributed by atoms with van der Waals surface area (Å²) in [5.74, 6) is -1.09. The number of amides is 1. The number of methoxy groups -OCH3 is 2. The predicted molar refractivity (Wildman–Crippen MR) is 157 cm³/mol. The zero-order valence-electron chi connectivity index (χ0n) is 24.0. The van der Waals surface area contributed by atoms with Crippen LogP contribution in [0.4, 0.5) is 0 Å². The van der Waals surface area contributed by atoms with Crippen LogP contribution in [0, 0.1) is 5.92 Å². The van der Waals surface area contributed by atoms with Crippen LogP contribution in [-0.2, 0) is 27.4 Å². The van der Waals surface area contributed by atoms with Gasteiger partial charge in [-0.1, -0.05) is 72.8 Å². The Kier molecular flexibility index (Phi) is 7.47. The second-order valence-corrected chi connectivity index (χ2v) is 10.6. The Balaban J connectivity index is 1.57. The van der Waals surface area contributed by atoms with Crippen LogP contribution in [-0.4, -0.2) is 43.6 Å². The van der Waals surface area contributed by atoms with E-state index < -0.39 is 35.0 Å². The number of nitrogens with one attached hydrogen (secondary N) is 1. The van der Waals surface area contributed by atoms with E-state index in [1.54, 1.807) is 43.5 Å². The first-order valence-corrected chi connectivity index (χ1v) is 13.9. The first-order valence-electron chi connectivity index (χ1n) is 13.9. The number of fused-ring (bicyclic) bond motifs is 3. The molecule has 1 aliphatic carbocycles. The lowest BCUT2D eigenvalue weighted by Crippen LogP contribution is -2.52. The Morgan fingerprint density at radius 1 is 0.884 bits per heavy atom. The molecule has 3 N–H and O–H groups in total. The van der Waals surface area contributed by atoms with Gasteiger partial charge in [-0.15, -0.1) is 0 Å². The van der Waals surface area contributed by atoms with E-state index in [0.717, 1.165) is 5.56 Å². The van der Waals surface area contributed by atoms with Crippen molar-refractivity contribution in [3.05, 3.63) is 119 Å². The van der Waals surface area contributed by atoms with E-state index in [0.29, 0.717) is 29.2 Å². The summed E-state index contributed by atoms with van der Waals surface area (Å²) in [6.07, 6.45) is -1.64. The van der Waals surface area contributed by atoms with Gasteiger partial charge in [0.25, 0.3) is 0 Å². The lowest BCUT2D eigenvalue weighted by atomic mass is 9.70. The second-order valence-electron chi connectivity index (χ2n) is 10.6. The van der Waals surface area contributed by atoms with Gasteiger partial charge in [0.05, 0.1) is 32.8 Å². The van der Waals surface area contributed by atoms with Gasteiger partial charge in [0.15, 0.2) is 11.2 Å². The minimum Gasteiger partial charge on any atom is -0.497 e. The lowest BCUT2D eigenvalue weighted by molar-refractivity contribution is -0.157. The largest absolute Gasteiger partial charge is 0.497 e. The fourth-order valence-electron chi connectivity index (χ4n) is 6.67. The van der Waals surface area contributed by atoms with Crippen LogP contribution in [0.3, 0.4) is 0 Å². The Morgan fingerprint density at radius 3 is 2.19 bits per heavy atom. The molecule has 222 valence electrons. The summed E-state index contributed by atoms with van der Waals surface area (Å²) in [5, 5.41) is 25.1. The SMILES string of the molecule is CONC(=O)C1C(O)C2(O)c3c(OC)cc(OCc4ccccc4)cc3OC2(c2ccc(OC)cc2)C1c1ccccc1. The minimum atomic E-state index is -2.14. The molecule has 0 saturated heterocycles. The lowest BCUT2D eigenvalue weighted by Gasteiger charge is -2.40. The van der Waals surface area contributed by atoms with Crippen LogP contribution in [0.15, 0.2) is 97.1 Å². The van der Waals surface area contributed by atoms with Gasteiger partial charge in [-0.2, -0.15) is 0 Å². The molecule has 9 heteroatoms. The molecular formula is C34H33NO8. The number of hydroxylamine groups is 1. The quantitative estimate of drug-likeness (QED) is 0.251. The van der Waals surface area contributed by atoms with Crippen molar-refractivity contribution in [3.8, 4) is 23.0 Å². The molecule has 1 fully saturated rings. The van der Waals surface area contributed by atoms with E-state index in [1.807, 2.05) is 60.7 Å². The highest BCUT2D eigenvalue weighted by Gasteiger charge is 2.78. The van der Waals surface area contributed by atoms with E-state index in [4.69, 9.17) is 23.8 Å². The van der Waals surface area contributed by atoms with Gasteiger partial charge in [0.1, 0.15) is 35.7 Å². The fourth-order valence-corrected chi connectivity index (χ4v) is 6.67. The van der Waals surface area contributed by atoms with E-state index >= 15 is 0 Å². The average Bonchev–Trinajstić information content (AvgIpc) is 3.42. The number of aliphatic hydroxyl groups is 2. The van der Waals surface area contributed by atoms with Gasteiger partial charge in [-0.25, -0.2) is 5.48 Å². The second kappa shape index (κ2) is 11.3. The number of carbonyl (C=O) groups is 1. The van der Waals surface area contributed by atoms with Crippen LogP contribution >= 0.6 is 0 Å². The molecule has 5 atom stereocenters. The molecule has 1 heterocycles. The maximum absolute atomic E-state index is 13.6. The molecule has 0 spiro atoms. The summed E-state index contributed by atoms with van der Waals surface area (Å²) in [5.41, 5.74) is 0.949. The summed E-state index contributed by atoms with van der Waals surface area (Å²) in [6, 6.07) is 29.3. The average molecular weight is 584 g/mol. The van der Waals surface area contributed by atoms with Crippen LogP contribution in [0.25, 0.3) is 0 Å². The number of ether oxygens (including phenoxy) is 4. The molecule has 1 aliphatic heterocycles. The number of carbonyl (C=O) groups excluding carboxylic acids is 1. The number of aliphatic hydroxyl groups excluding tert-OH is 1. The van der Waals surface area contributed by atoms with Gasteiger partial charge in [0.2, 0.25) is 5.91 Å². The summed E-state index contributed by atoms with van der Waals surface area (Å²) in [4.78, 5) is 18.6. The molecule has 9 nitrogen and oxygen atoms in total. The molecule has 4 aromatic carbocycles. The molecule has 43 heavy (non-hydrogen) atoms. The first-order chi connectivity index (χ1) is 20.9. The molecule has 1 saturated carbocycles. The highest BCUT2D eigenvalue weighted by molar-refractivity contribution is 5.82. The molecule has 6 rings (SSSR count). The Bertz CT molecular complexity index is 1600. The number of rotatable bonds is 9. The van der Waals surface area contributed by atoms with E-state index in [-0.39, 0.29) is 17.1 Å². The third kappa shape index (κ3) is 4.39. The van der Waals surface area contributed by atoms with Gasteiger partial charge < -0.3 is 29.2 Å². The molecule has 0 aromatic heterocycles. The molecule has 0 bridgehead atoms. The number of hydrogen-bond acceptors (Lipinski definition) is 8. The molecular weight excluding hydrogens is 550 g/mol. The van der Waals surface area contributed by atoms with Gasteiger partial charge in [-0.05, 0) is 28.8 Å². The summed E-state index contributed by atoms with van der Waals surface area (Å²) >= 11 is 0. The topological polar surface area (TPSA) is 116 Å². The third-order valence-corrected chi connectivity index (χ3v) is 8.47. The molecule has 4 aromatic rings. The van der Waals surface area contributed by atoms with Crippen molar-refractivity contribution in [2.45, 2.75) is 29.8 Å². The van der Waals surface area contributed by atoms with Crippen LogP contribution in [0.5, 0.6) is 23.0 Å². The van der Waals surface area contributed by atoms with Gasteiger partial charge in [0, 0.05) is 18.1 Å². The smallest absolute Gasteiger partial charge is 0.250 e. The zero-order valence-corrected chi connectivity index (χ0v) is 24.0. The third-order valence-electron chi connectivity index (χ3n) is 8.47. The van der Waals surface area contributed by atoms with Crippen molar-refractivity contribution in [1.29, 1.82) is 0 Å². The van der Waals surface area contributed by atoms with Gasteiger partial charge >= 0.3 is 0 Å². The highest BCUT2D eigenvalue weighted by atomic mass is 16.6. The van der Waals surface area contributed by atoms with Crippen molar-refractivity contribution in [1.82, 2.24) is 5.48 Å². The zero-order chi connectivity index (χ0) is 30.2. The number of hydrogen-bond donors (Lipinski definition) is 3. The van der Waals surface area contributed by atoms with E-state index in [1.165, 1.54) is 14.2 Å². The minimum absolute atomic E-state index is 0.221. The molecule has 1 amide bonds. The van der Waals surface area contributed by atoms with Crippen molar-refractivity contribution < 1.29 is 38.8 Å². The van der Waals surface area contributed by atoms with Crippen LogP contribution < -0.4 is 24.4 Å². The summed E-state index contributed by atoms with van der Waals surface area (Å²) in [7, 11) is 4.35. The highest BCUT2D eigenvalue weighted by Crippen LogP contribution is 2.70. The van der Waals surface area contributed by atoms with Crippen molar-refractivity contribution in [3.63, 3.8) is 0 Å². The summed E-state index contributed by atoms with van der Waals surface area (Å²) < 4.78 is 24.2. The monoisotopic (exact) mass is 583 g/mol. The number of benzene rings is 4. The Hall–Kier alpha value is -4.57. The van der Waals surface area contributed by atoms with E-state index in [2.05, 4.69) is 5.48 Å². The van der Waals surface area contributed by atoms with Crippen LogP contribution in [0.2, 0.25) is 0 Å². The molecule has 0 radical (unpaired) electrons. The Morgan fingerprint density at radius 2 is 1.56 bits per heavy atom. The fraction of sp³-hybridized carbons (Fsp3) is 0.265. The van der Waals surface area contributed by atoms with Crippen LogP contribution in [0.1, 0.15) is 28.2 Å². The van der Waals surface area contributed by atoms with Crippen molar-refractivity contribution in [2.24, 2.45) is 5.92 Å². The maximum atomic E-state index is 13.6. The normalized spacial score (nSPS) is 25.3. The van der Waals surface area contributed by atoms with E-state index in [9.17, 15) is 15.0 Å². The Labute approximate surface area is 249 Å². The summed E-state index contributed by atoms with van der Waals surface area (Å²) in [6.45, 7) is 0.297. The van der Waals surface area contributed by atoms with Crippen molar-refractivity contribution >= 4 is 5.91 Å². The predicted octanol–water partition coefficient (Wildman–Crippen LogP) is 4.21. The standard InChI is InChI=1S/C34H33NO8/c1-39-24-16-14-23(15-17-24)34-29(22-12-8-5-9-13-22)28(32(37)35-41-3)31(36)33(34,38)30-26(40-2)18-25(19-27(30)43-34)42-20-21-10-6-4-7-11-21/h4-19,28-29,31,36,38H,20H2,1-3H3,(H,35,37). The molecule has 5 unspecified atom stereocenters.